The van der Waals surface area contributed by atoms with Crippen molar-refractivity contribution in [3.05, 3.63) is 64.5 Å². The molecule has 0 aliphatic heterocycles. The van der Waals surface area contributed by atoms with Crippen LogP contribution in [0.1, 0.15) is 5.56 Å². The van der Waals surface area contributed by atoms with Crippen molar-refractivity contribution in [3.63, 3.8) is 0 Å². The minimum Gasteiger partial charge on any atom is -0.497 e. The Morgan fingerprint density at radius 1 is 1.18 bits per heavy atom. The van der Waals surface area contributed by atoms with Crippen molar-refractivity contribution < 1.29 is 13.5 Å². The van der Waals surface area contributed by atoms with Gasteiger partial charge in [0.2, 0.25) is 5.95 Å². The van der Waals surface area contributed by atoms with E-state index in [0.29, 0.717) is 28.4 Å². The summed E-state index contributed by atoms with van der Waals surface area (Å²) in [6, 6.07) is 9.52. The molecule has 0 bridgehead atoms. The van der Waals surface area contributed by atoms with E-state index in [1.807, 2.05) is 6.92 Å². The number of anilines is 4. The van der Waals surface area contributed by atoms with Crippen molar-refractivity contribution in [1.29, 1.82) is 0 Å². The van der Waals surface area contributed by atoms with Crippen LogP contribution in [0, 0.1) is 12.7 Å². The predicted molar refractivity (Wildman–Crippen MR) is 103 cm³/mol. The van der Waals surface area contributed by atoms with E-state index in [1.165, 1.54) is 25.3 Å². The maximum atomic E-state index is 14.0. The molecule has 4 rings (SSSR count). The molecule has 0 radical (unpaired) electrons. The Labute approximate surface area is 158 Å². The van der Waals surface area contributed by atoms with E-state index in [1.54, 1.807) is 24.4 Å². The molecule has 2 aromatic heterocycles. The van der Waals surface area contributed by atoms with E-state index in [4.69, 9.17) is 9.15 Å². The average molecular weight is 381 g/mol. The Kier molecular flexibility index (Phi) is 4.40. The van der Waals surface area contributed by atoms with Gasteiger partial charge in [-0.25, -0.2) is 14.2 Å². The van der Waals surface area contributed by atoms with Crippen molar-refractivity contribution >= 4 is 34.2 Å². The molecule has 8 nitrogen and oxygen atoms in total. The first kappa shape index (κ1) is 17.5. The Balaban J connectivity index is 1.62. The molecule has 3 N–H and O–H groups in total. The Morgan fingerprint density at radius 3 is 2.86 bits per heavy atom. The van der Waals surface area contributed by atoms with E-state index in [-0.39, 0.29) is 11.6 Å². The SMILES string of the molecule is COc1ccc(F)c(Nc2ncc(C)c(Nc3ccc4oc(=O)[nH]c4c3)n2)c1. The van der Waals surface area contributed by atoms with E-state index in [0.717, 1.165) is 5.56 Å². The molecule has 2 heterocycles. The van der Waals surface area contributed by atoms with Crippen LogP contribution in [0.15, 0.2) is 51.8 Å². The standard InChI is InChI=1S/C19H16FN5O3/c1-10-9-21-18(23-14-8-12(27-2)4-5-13(14)20)25-17(10)22-11-3-6-16-15(7-11)24-19(26)28-16/h3-9H,1-2H3,(H,24,26)(H2,21,22,23,25). The fourth-order valence-electron chi connectivity index (χ4n) is 2.64. The monoisotopic (exact) mass is 381 g/mol. The topological polar surface area (TPSA) is 105 Å². The molecule has 142 valence electrons. The van der Waals surface area contributed by atoms with Crippen LogP contribution in [0.4, 0.5) is 27.5 Å². The lowest BCUT2D eigenvalue weighted by Gasteiger charge is -2.12. The summed E-state index contributed by atoms with van der Waals surface area (Å²) >= 11 is 0. The van der Waals surface area contributed by atoms with Crippen LogP contribution in [-0.2, 0) is 0 Å². The number of halogens is 1. The number of fused-ring (bicyclic) bond motifs is 1. The average Bonchev–Trinajstić information content (AvgIpc) is 3.05. The van der Waals surface area contributed by atoms with Crippen molar-refractivity contribution in [1.82, 2.24) is 15.0 Å². The molecule has 0 aliphatic carbocycles. The summed E-state index contributed by atoms with van der Waals surface area (Å²) in [7, 11) is 1.51. The number of rotatable bonds is 5. The van der Waals surface area contributed by atoms with Gasteiger partial charge in [0.1, 0.15) is 17.4 Å². The second-order valence-corrected chi connectivity index (χ2v) is 6.05. The maximum absolute atomic E-state index is 14.0. The van der Waals surface area contributed by atoms with Gasteiger partial charge in [-0.15, -0.1) is 0 Å². The normalized spacial score (nSPS) is 10.8. The molecule has 0 amide bonds. The lowest BCUT2D eigenvalue weighted by Crippen LogP contribution is -2.04. The summed E-state index contributed by atoms with van der Waals surface area (Å²) in [4.78, 5) is 22.5. The van der Waals surface area contributed by atoms with Crippen LogP contribution in [0.3, 0.4) is 0 Å². The van der Waals surface area contributed by atoms with Gasteiger partial charge in [0.25, 0.3) is 0 Å². The molecule has 4 aromatic rings. The molecule has 0 saturated carbocycles. The van der Waals surface area contributed by atoms with Gasteiger partial charge in [0, 0.05) is 23.5 Å². The number of H-pyrrole nitrogens is 1. The second kappa shape index (κ2) is 7.03. The van der Waals surface area contributed by atoms with Crippen molar-refractivity contribution in [2.75, 3.05) is 17.7 Å². The fourth-order valence-corrected chi connectivity index (χ4v) is 2.64. The molecular weight excluding hydrogens is 365 g/mol. The van der Waals surface area contributed by atoms with Crippen LogP contribution in [0.5, 0.6) is 5.75 Å². The van der Waals surface area contributed by atoms with Gasteiger partial charge in [-0.1, -0.05) is 0 Å². The van der Waals surface area contributed by atoms with Crippen molar-refractivity contribution in [2.24, 2.45) is 0 Å². The molecule has 9 heteroatoms. The Bertz CT molecular complexity index is 1220. The fraction of sp³-hybridized carbons (Fsp3) is 0.105. The predicted octanol–water partition coefficient (Wildman–Crippen LogP) is 3.85. The highest BCUT2D eigenvalue weighted by atomic mass is 19.1. The van der Waals surface area contributed by atoms with Crippen LogP contribution in [0.2, 0.25) is 0 Å². The number of nitrogens with one attached hydrogen (secondary N) is 3. The zero-order valence-corrected chi connectivity index (χ0v) is 15.0. The number of ether oxygens (including phenoxy) is 1. The molecule has 2 aromatic carbocycles. The summed E-state index contributed by atoms with van der Waals surface area (Å²) in [5.41, 5.74) is 2.72. The molecule has 0 atom stereocenters. The zero-order valence-electron chi connectivity index (χ0n) is 15.0. The third-order valence-corrected chi connectivity index (χ3v) is 4.07. The van der Waals surface area contributed by atoms with Gasteiger partial charge in [0.15, 0.2) is 5.58 Å². The molecular formula is C19H16FN5O3. The van der Waals surface area contributed by atoms with E-state index >= 15 is 0 Å². The minimum atomic E-state index is -0.517. The Hall–Kier alpha value is -3.88. The van der Waals surface area contributed by atoms with Crippen LogP contribution >= 0.6 is 0 Å². The van der Waals surface area contributed by atoms with Crippen LogP contribution in [0.25, 0.3) is 11.1 Å². The molecule has 0 spiro atoms. The maximum Gasteiger partial charge on any atom is 0.417 e. The van der Waals surface area contributed by atoms with Crippen molar-refractivity contribution in [3.8, 4) is 5.75 Å². The number of aryl methyl sites for hydroxylation is 1. The molecule has 0 unspecified atom stereocenters. The summed E-state index contributed by atoms with van der Waals surface area (Å²) in [5.74, 6) is 0.298. The number of nitrogens with zero attached hydrogens (tertiary/aromatic N) is 2. The second-order valence-electron chi connectivity index (χ2n) is 6.05. The Morgan fingerprint density at radius 2 is 2.04 bits per heavy atom. The van der Waals surface area contributed by atoms with E-state index in [9.17, 15) is 9.18 Å². The lowest BCUT2D eigenvalue weighted by atomic mass is 10.2. The third-order valence-electron chi connectivity index (χ3n) is 4.07. The van der Waals surface area contributed by atoms with Gasteiger partial charge in [-0.3, -0.25) is 4.98 Å². The largest absolute Gasteiger partial charge is 0.497 e. The zero-order chi connectivity index (χ0) is 19.7. The first-order chi connectivity index (χ1) is 13.5. The molecule has 28 heavy (non-hydrogen) atoms. The summed E-state index contributed by atoms with van der Waals surface area (Å²) in [6.45, 7) is 1.84. The molecule has 0 aliphatic rings. The van der Waals surface area contributed by atoms with E-state index in [2.05, 4.69) is 25.6 Å². The van der Waals surface area contributed by atoms with Gasteiger partial charge >= 0.3 is 5.76 Å². The summed E-state index contributed by atoms with van der Waals surface area (Å²) < 4.78 is 24.1. The lowest BCUT2D eigenvalue weighted by molar-refractivity contribution is 0.414. The van der Waals surface area contributed by atoms with Gasteiger partial charge in [0.05, 0.1) is 18.3 Å². The number of aromatic nitrogens is 3. The highest BCUT2D eigenvalue weighted by Crippen LogP contribution is 2.26. The molecule has 0 fully saturated rings. The summed E-state index contributed by atoms with van der Waals surface area (Å²) in [6.07, 6.45) is 1.62. The number of oxazole rings is 1. The van der Waals surface area contributed by atoms with Gasteiger partial charge < -0.3 is 19.8 Å². The number of methoxy groups -OCH3 is 1. The quantitative estimate of drug-likeness (QED) is 0.482. The van der Waals surface area contributed by atoms with Crippen LogP contribution < -0.4 is 21.1 Å². The highest BCUT2D eigenvalue weighted by molar-refractivity contribution is 5.78. The smallest absolute Gasteiger partial charge is 0.417 e. The van der Waals surface area contributed by atoms with Crippen LogP contribution in [-0.4, -0.2) is 22.1 Å². The van der Waals surface area contributed by atoms with Crippen molar-refractivity contribution in [2.45, 2.75) is 6.92 Å². The summed E-state index contributed by atoms with van der Waals surface area (Å²) in [5, 5.41) is 6.02. The first-order valence-electron chi connectivity index (χ1n) is 8.36. The molecule has 0 saturated heterocycles. The number of benzene rings is 2. The van der Waals surface area contributed by atoms with Gasteiger partial charge in [-0.2, -0.15) is 4.98 Å². The third kappa shape index (κ3) is 3.50. The van der Waals surface area contributed by atoms with E-state index < -0.39 is 11.6 Å². The minimum absolute atomic E-state index is 0.201. The number of hydrogen-bond donors (Lipinski definition) is 3. The number of aromatic amines is 1. The van der Waals surface area contributed by atoms with Gasteiger partial charge in [-0.05, 0) is 37.3 Å². The highest BCUT2D eigenvalue weighted by Gasteiger charge is 2.10. The first-order valence-corrected chi connectivity index (χ1v) is 8.36. The number of hydrogen-bond acceptors (Lipinski definition) is 7.